The number of ether oxygens (including phenoxy) is 1. The number of ketones is 1. The maximum Gasteiger partial charge on any atom is 0.191 e. The van der Waals surface area contributed by atoms with E-state index in [2.05, 4.69) is 0 Å². The minimum absolute atomic E-state index is 0.167. The minimum atomic E-state index is -0.802. The molecule has 1 unspecified atom stereocenters. The highest BCUT2D eigenvalue weighted by Gasteiger charge is 2.20. The Labute approximate surface area is 107 Å². The van der Waals surface area contributed by atoms with Crippen LogP contribution in [0.3, 0.4) is 0 Å². The standard InChI is InChI=1S/C15H18O3/c1-5-13(14(9-16)18-4)15(17)12-7-6-10(2)11(3)8-12/h5-9,14H,1-4H3/b13-5+. The van der Waals surface area contributed by atoms with Gasteiger partial charge in [0, 0.05) is 18.2 Å². The molecule has 0 aromatic heterocycles. The fraction of sp³-hybridized carbons (Fsp3) is 0.333. The molecule has 0 N–H and O–H groups in total. The third kappa shape index (κ3) is 2.93. The summed E-state index contributed by atoms with van der Waals surface area (Å²) in [6, 6.07) is 5.50. The Hall–Kier alpha value is -1.74. The second-order valence-electron chi connectivity index (χ2n) is 4.16. The molecule has 0 aliphatic carbocycles. The van der Waals surface area contributed by atoms with Crippen molar-refractivity contribution in [3.63, 3.8) is 0 Å². The third-order valence-corrected chi connectivity index (χ3v) is 3.03. The van der Waals surface area contributed by atoms with E-state index in [1.807, 2.05) is 26.0 Å². The summed E-state index contributed by atoms with van der Waals surface area (Å²) >= 11 is 0. The number of allylic oxidation sites excluding steroid dienone is 1. The molecule has 3 nitrogen and oxygen atoms in total. The molecular formula is C15H18O3. The van der Waals surface area contributed by atoms with Crippen LogP contribution in [-0.2, 0) is 9.53 Å². The van der Waals surface area contributed by atoms with Crippen LogP contribution in [0.1, 0.15) is 28.4 Å². The number of carbonyl (C=O) groups excluding carboxylic acids is 2. The summed E-state index contributed by atoms with van der Waals surface area (Å²) in [5.41, 5.74) is 3.13. The molecule has 1 rings (SSSR count). The van der Waals surface area contributed by atoms with Crippen LogP contribution < -0.4 is 0 Å². The van der Waals surface area contributed by atoms with Crippen molar-refractivity contribution in [3.8, 4) is 0 Å². The zero-order chi connectivity index (χ0) is 13.7. The number of hydrogen-bond donors (Lipinski definition) is 0. The maximum atomic E-state index is 12.3. The summed E-state index contributed by atoms with van der Waals surface area (Å²) in [7, 11) is 1.41. The van der Waals surface area contributed by atoms with Gasteiger partial charge in [-0.2, -0.15) is 0 Å². The highest BCUT2D eigenvalue weighted by atomic mass is 16.5. The summed E-state index contributed by atoms with van der Waals surface area (Å²) in [6.45, 7) is 5.67. The largest absolute Gasteiger partial charge is 0.369 e. The van der Waals surface area contributed by atoms with Crippen molar-refractivity contribution < 1.29 is 14.3 Å². The number of benzene rings is 1. The number of aldehydes is 1. The van der Waals surface area contributed by atoms with Crippen LogP contribution in [0.2, 0.25) is 0 Å². The maximum absolute atomic E-state index is 12.3. The van der Waals surface area contributed by atoms with Gasteiger partial charge in [0.05, 0.1) is 0 Å². The second kappa shape index (κ2) is 6.26. The van der Waals surface area contributed by atoms with Crippen molar-refractivity contribution in [3.05, 3.63) is 46.5 Å². The van der Waals surface area contributed by atoms with E-state index in [0.717, 1.165) is 11.1 Å². The van der Waals surface area contributed by atoms with Crippen LogP contribution in [0.25, 0.3) is 0 Å². The van der Waals surface area contributed by atoms with Crippen LogP contribution >= 0.6 is 0 Å². The van der Waals surface area contributed by atoms with E-state index in [4.69, 9.17) is 4.74 Å². The van der Waals surface area contributed by atoms with Crippen LogP contribution in [0.5, 0.6) is 0 Å². The van der Waals surface area contributed by atoms with Gasteiger partial charge >= 0.3 is 0 Å². The van der Waals surface area contributed by atoms with Gasteiger partial charge in [0.15, 0.2) is 12.1 Å². The van der Waals surface area contributed by atoms with E-state index >= 15 is 0 Å². The lowest BCUT2D eigenvalue weighted by atomic mass is 9.96. The van der Waals surface area contributed by atoms with Gasteiger partial charge in [-0.1, -0.05) is 18.2 Å². The summed E-state index contributed by atoms with van der Waals surface area (Å²) in [5.74, 6) is -0.167. The molecule has 96 valence electrons. The topological polar surface area (TPSA) is 43.4 Å². The Morgan fingerprint density at radius 3 is 2.39 bits per heavy atom. The molecule has 0 saturated heterocycles. The molecule has 0 aliphatic heterocycles. The van der Waals surface area contributed by atoms with Gasteiger partial charge in [0.1, 0.15) is 6.10 Å². The van der Waals surface area contributed by atoms with Gasteiger partial charge in [-0.3, -0.25) is 4.79 Å². The molecule has 0 heterocycles. The molecule has 0 bridgehead atoms. The molecule has 0 amide bonds. The number of hydrogen-bond acceptors (Lipinski definition) is 3. The quantitative estimate of drug-likeness (QED) is 0.455. The predicted molar refractivity (Wildman–Crippen MR) is 70.9 cm³/mol. The summed E-state index contributed by atoms with van der Waals surface area (Å²) in [6.07, 6.45) is 1.46. The van der Waals surface area contributed by atoms with Gasteiger partial charge in [0.2, 0.25) is 0 Å². The van der Waals surface area contributed by atoms with Gasteiger partial charge in [-0.15, -0.1) is 0 Å². The lowest BCUT2D eigenvalue weighted by Gasteiger charge is -2.12. The normalized spacial score (nSPS) is 13.2. The Morgan fingerprint density at radius 1 is 1.28 bits per heavy atom. The summed E-state index contributed by atoms with van der Waals surface area (Å²) in [4.78, 5) is 23.2. The zero-order valence-corrected chi connectivity index (χ0v) is 11.2. The van der Waals surface area contributed by atoms with Crippen LogP contribution in [-0.4, -0.2) is 25.3 Å². The third-order valence-electron chi connectivity index (χ3n) is 3.03. The van der Waals surface area contributed by atoms with Crippen molar-refractivity contribution in [2.45, 2.75) is 26.9 Å². The highest BCUT2D eigenvalue weighted by Crippen LogP contribution is 2.16. The molecule has 0 aliphatic rings. The first kappa shape index (κ1) is 14.3. The van der Waals surface area contributed by atoms with Crippen molar-refractivity contribution in [2.24, 2.45) is 0 Å². The fourth-order valence-corrected chi connectivity index (χ4v) is 1.73. The van der Waals surface area contributed by atoms with Gasteiger partial charge in [-0.25, -0.2) is 0 Å². The fourth-order valence-electron chi connectivity index (χ4n) is 1.73. The van der Waals surface area contributed by atoms with E-state index in [1.54, 1.807) is 19.1 Å². The number of Topliss-reactive ketones (excluding diaryl/α,β-unsaturated/α-hetero) is 1. The lowest BCUT2D eigenvalue weighted by molar-refractivity contribution is -0.114. The average Bonchev–Trinajstić information content (AvgIpc) is 2.38. The number of rotatable bonds is 5. The molecule has 0 saturated carbocycles. The zero-order valence-electron chi connectivity index (χ0n) is 11.2. The summed E-state index contributed by atoms with van der Waals surface area (Å²) in [5, 5.41) is 0. The number of carbonyl (C=O) groups is 2. The first-order valence-electron chi connectivity index (χ1n) is 5.81. The van der Waals surface area contributed by atoms with E-state index in [-0.39, 0.29) is 5.78 Å². The second-order valence-corrected chi connectivity index (χ2v) is 4.16. The lowest BCUT2D eigenvalue weighted by Crippen LogP contribution is -2.22. The summed E-state index contributed by atoms with van der Waals surface area (Å²) < 4.78 is 4.99. The van der Waals surface area contributed by atoms with E-state index in [0.29, 0.717) is 17.4 Å². The molecule has 3 heteroatoms. The van der Waals surface area contributed by atoms with Crippen molar-refractivity contribution >= 4 is 12.1 Å². The van der Waals surface area contributed by atoms with Crippen molar-refractivity contribution in [2.75, 3.05) is 7.11 Å². The Morgan fingerprint density at radius 2 is 1.94 bits per heavy atom. The van der Waals surface area contributed by atoms with Crippen LogP contribution in [0, 0.1) is 13.8 Å². The smallest absolute Gasteiger partial charge is 0.191 e. The van der Waals surface area contributed by atoms with Crippen LogP contribution in [0.15, 0.2) is 29.8 Å². The minimum Gasteiger partial charge on any atom is -0.369 e. The molecule has 1 aromatic carbocycles. The molecule has 0 fully saturated rings. The number of aryl methyl sites for hydroxylation is 2. The monoisotopic (exact) mass is 246 g/mol. The predicted octanol–water partition coefficient (Wildman–Crippen LogP) is 2.65. The van der Waals surface area contributed by atoms with E-state index < -0.39 is 6.10 Å². The first-order valence-corrected chi connectivity index (χ1v) is 5.81. The first-order chi connectivity index (χ1) is 8.54. The Balaban J connectivity index is 3.12. The molecular weight excluding hydrogens is 228 g/mol. The Bertz CT molecular complexity index is 487. The molecule has 18 heavy (non-hydrogen) atoms. The molecule has 0 spiro atoms. The van der Waals surface area contributed by atoms with Crippen LogP contribution in [0.4, 0.5) is 0 Å². The molecule has 1 aromatic rings. The van der Waals surface area contributed by atoms with Gasteiger partial charge < -0.3 is 9.53 Å². The van der Waals surface area contributed by atoms with Crippen molar-refractivity contribution in [1.82, 2.24) is 0 Å². The SMILES string of the molecule is C/C=C(/C(=O)c1ccc(C)c(C)c1)C(C=O)OC. The number of methoxy groups -OCH3 is 1. The van der Waals surface area contributed by atoms with Crippen molar-refractivity contribution in [1.29, 1.82) is 0 Å². The average molecular weight is 246 g/mol. The highest BCUT2D eigenvalue weighted by molar-refractivity contribution is 6.11. The van der Waals surface area contributed by atoms with E-state index in [1.165, 1.54) is 7.11 Å². The van der Waals surface area contributed by atoms with Gasteiger partial charge in [-0.05, 0) is 38.0 Å². The molecule has 1 atom stereocenters. The Kier molecular flexibility index (Phi) is 4.98. The van der Waals surface area contributed by atoms with E-state index in [9.17, 15) is 9.59 Å². The van der Waals surface area contributed by atoms with Gasteiger partial charge in [0.25, 0.3) is 0 Å². The molecule has 0 radical (unpaired) electrons.